The van der Waals surface area contributed by atoms with Gasteiger partial charge in [-0.2, -0.15) is 0 Å². The molecule has 6 heteroatoms. The smallest absolute Gasteiger partial charge is 0.248 e. The van der Waals surface area contributed by atoms with E-state index in [4.69, 9.17) is 9.47 Å². The number of carbonyl (C=O) groups is 2. The summed E-state index contributed by atoms with van der Waals surface area (Å²) in [4.78, 5) is 28.2. The van der Waals surface area contributed by atoms with E-state index >= 15 is 0 Å². The van der Waals surface area contributed by atoms with Crippen LogP contribution in [0.4, 0.5) is 0 Å². The number of benzene rings is 1. The Labute approximate surface area is 148 Å². The molecule has 0 aliphatic carbocycles. The fourth-order valence-electron chi connectivity index (χ4n) is 3.39. The molecule has 2 fully saturated rings. The monoisotopic (exact) mass is 346 g/mol. The lowest BCUT2D eigenvalue weighted by atomic mass is 9.94. The molecular formula is C19H26N2O4. The van der Waals surface area contributed by atoms with Crippen LogP contribution in [0.2, 0.25) is 0 Å². The number of rotatable bonds is 6. The van der Waals surface area contributed by atoms with E-state index in [-0.39, 0.29) is 30.4 Å². The number of piperidine rings is 1. The summed E-state index contributed by atoms with van der Waals surface area (Å²) in [5, 5.41) is 0. The molecule has 0 N–H and O–H groups in total. The number of likely N-dealkylation sites (tertiary alicyclic amines) is 2. The minimum Gasteiger partial charge on any atom is -0.375 e. The minimum atomic E-state index is -0.0929. The van der Waals surface area contributed by atoms with Crippen LogP contribution in [0.3, 0.4) is 0 Å². The molecule has 0 radical (unpaired) electrons. The molecule has 0 aromatic heterocycles. The van der Waals surface area contributed by atoms with Gasteiger partial charge in [-0.25, -0.2) is 0 Å². The van der Waals surface area contributed by atoms with E-state index in [1.807, 2.05) is 35.2 Å². The molecular weight excluding hydrogens is 320 g/mol. The minimum absolute atomic E-state index is 0.0346. The molecule has 2 aliphatic heterocycles. The van der Waals surface area contributed by atoms with Gasteiger partial charge in [0, 0.05) is 33.3 Å². The highest BCUT2D eigenvalue weighted by molar-refractivity contribution is 5.82. The van der Waals surface area contributed by atoms with E-state index in [9.17, 15) is 9.59 Å². The molecule has 2 saturated heterocycles. The van der Waals surface area contributed by atoms with Gasteiger partial charge in [-0.15, -0.1) is 0 Å². The van der Waals surface area contributed by atoms with Crippen LogP contribution in [0.1, 0.15) is 18.4 Å². The molecule has 1 aromatic carbocycles. The number of nitrogens with zero attached hydrogens (tertiary/aromatic N) is 2. The topological polar surface area (TPSA) is 59.1 Å². The second kappa shape index (κ2) is 8.45. The van der Waals surface area contributed by atoms with Gasteiger partial charge in [-0.3, -0.25) is 9.59 Å². The van der Waals surface area contributed by atoms with Gasteiger partial charge < -0.3 is 19.3 Å². The molecule has 1 aromatic rings. The van der Waals surface area contributed by atoms with Crippen LogP contribution in [0, 0.1) is 5.92 Å². The summed E-state index contributed by atoms with van der Waals surface area (Å²) < 4.78 is 10.8. The first-order valence-corrected chi connectivity index (χ1v) is 8.88. The SMILES string of the molecule is COCC(=O)N1CCCC(C(=O)N2CC(OCc3ccccc3)C2)C1. The van der Waals surface area contributed by atoms with Crippen molar-refractivity contribution in [2.45, 2.75) is 25.6 Å². The van der Waals surface area contributed by atoms with Crippen LogP contribution >= 0.6 is 0 Å². The van der Waals surface area contributed by atoms with Gasteiger partial charge in [0.05, 0.1) is 18.6 Å². The van der Waals surface area contributed by atoms with Gasteiger partial charge in [0.1, 0.15) is 6.61 Å². The summed E-state index contributed by atoms with van der Waals surface area (Å²) in [6.45, 7) is 3.18. The Bertz CT molecular complexity index is 586. The van der Waals surface area contributed by atoms with Crippen molar-refractivity contribution in [2.75, 3.05) is 39.9 Å². The van der Waals surface area contributed by atoms with Gasteiger partial charge >= 0.3 is 0 Å². The third-order valence-electron chi connectivity index (χ3n) is 4.88. The molecule has 2 heterocycles. The van der Waals surface area contributed by atoms with Crippen molar-refractivity contribution in [3.05, 3.63) is 35.9 Å². The summed E-state index contributed by atoms with van der Waals surface area (Å²) in [5.74, 6) is 0.0202. The lowest BCUT2D eigenvalue weighted by Gasteiger charge is -2.42. The molecule has 2 aliphatic rings. The molecule has 2 amide bonds. The van der Waals surface area contributed by atoms with Crippen molar-refractivity contribution >= 4 is 11.8 Å². The van der Waals surface area contributed by atoms with Gasteiger partial charge in [-0.05, 0) is 18.4 Å². The average Bonchev–Trinajstić information content (AvgIpc) is 2.61. The lowest BCUT2D eigenvalue weighted by molar-refractivity contribution is -0.153. The number of hydrogen-bond donors (Lipinski definition) is 0. The molecule has 0 saturated carbocycles. The maximum absolute atomic E-state index is 12.6. The summed E-state index contributed by atoms with van der Waals surface area (Å²) in [7, 11) is 1.51. The van der Waals surface area contributed by atoms with E-state index in [1.165, 1.54) is 7.11 Å². The van der Waals surface area contributed by atoms with Crippen LogP contribution in [0.15, 0.2) is 30.3 Å². The summed E-state index contributed by atoms with van der Waals surface area (Å²) in [5.41, 5.74) is 1.15. The Hall–Kier alpha value is -1.92. The first kappa shape index (κ1) is 17.9. The third-order valence-corrected chi connectivity index (χ3v) is 4.88. The first-order chi connectivity index (χ1) is 12.2. The molecule has 136 valence electrons. The van der Waals surface area contributed by atoms with Crippen LogP contribution in [-0.4, -0.2) is 67.6 Å². The zero-order valence-corrected chi connectivity index (χ0v) is 14.7. The number of ether oxygens (including phenoxy) is 2. The van der Waals surface area contributed by atoms with Crippen molar-refractivity contribution in [1.29, 1.82) is 0 Å². The quantitative estimate of drug-likeness (QED) is 0.779. The van der Waals surface area contributed by atoms with E-state index in [2.05, 4.69) is 0 Å². The highest BCUT2D eigenvalue weighted by Gasteiger charge is 2.37. The Morgan fingerprint density at radius 1 is 1.12 bits per heavy atom. The van der Waals surface area contributed by atoms with E-state index in [1.54, 1.807) is 4.90 Å². The van der Waals surface area contributed by atoms with Gasteiger partial charge in [0.2, 0.25) is 11.8 Å². The normalized spacial score (nSPS) is 21.1. The largest absolute Gasteiger partial charge is 0.375 e. The van der Waals surface area contributed by atoms with E-state index in [0.29, 0.717) is 26.2 Å². The van der Waals surface area contributed by atoms with Crippen LogP contribution < -0.4 is 0 Å². The maximum atomic E-state index is 12.6. The Morgan fingerprint density at radius 3 is 2.60 bits per heavy atom. The average molecular weight is 346 g/mol. The predicted octanol–water partition coefficient (Wildman–Crippen LogP) is 1.30. The molecule has 3 rings (SSSR count). The number of carbonyl (C=O) groups excluding carboxylic acids is 2. The second-order valence-electron chi connectivity index (χ2n) is 6.77. The van der Waals surface area contributed by atoms with Crippen molar-refractivity contribution in [3.63, 3.8) is 0 Å². The summed E-state index contributed by atoms with van der Waals surface area (Å²) >= 11 is 0. The lowest BCUT2D eigenvalue weighted by Crippen LogP contribution is -2.58. The molecule has 6 nitrogen and oxygen atoms in total. The zero-order chi connectivity index (χ0) is 17.6. The van der Waals surface area contributed by atoms with Crippen LogP contribution in [-0.2, 0) is 25.7 Å². The van der Waals surface area contributed by atoms with Crippen molar-refractivity contribution in [1.82, 2.24) is 9.80 Å². The zero-order valence-electron chi connectivity index (χ0n) is 14.7. The highest BCUT2D eigenvalue weighted by atomic mass is 16.5. The number of methoxy groups -OCH3 is 1. The van der Waals surface area contributed by atoms with Crippen molar-refractivity contribution in [2.24, 2.45) is 5.92 Å². The van der Waals surface area contributed by atoms with Crippen LogP contribution in [0.25, 0.3) is 0 Å². The first-order valence-electron chi connectivity index (χ1n) is 8.88. The second-order valence-corrected chi connectivity index (χ2v) is 6.77. The van der Waals surface area contributed by atoms with Crippen molar-refractivity contribution < 1.29 is 19.1 Å². The summed E-state index contributed by atoms with van der Waals surface area (Å²) in [6, 6.07) is 10.0. The Kier molecular flexibility index (Phi) is 6.04. The number of amides is 2. The van der Waals surface area contributed by atoms with Gasteiger partial charge in [0.25, 0.3) is 0 Å². The summed E-state index contributed by atoms with van der Waals surface area (Å²) in [6.07, 6.45) is 1.83. The molecule has 0 bridgehead atoms. The highest BCUT2D eigenvalue weighted by Crippen LogP contribution is 2.23. The van der Waals surface area contributed by atoms with Crippen molar-refractivity contribution in [3.8, 4) is 0 Å². The molecule has 0 spiro atoms. The van der Waals surface area contributed by atoms with E-state index < -0.39 is 0 Å². The van der Waals surface area contributed by atoms with E-state index in [0.717, 1.165) is 24.9 Å². The fraction of sp³-hybridized carbons (Fsp3) is 0.579. The maximum Gasteiger partial charge on any atom is 0.248 e. The number of hydrogen-bond acceptors (Lipinski definition) is 4. The Morgan fingerprint density at radius 2 is 1.88 bits per heavy atom. The Balaban J connectivity index is 1.41. The molecule has 25 heavy (non-hydrogen) atoms. The van der Waals surface area contributed by atoms with Gasteiger partial charge in [0.15, 0.2) is 0 Å². The third kappa shape index (κ3) is 4.58. The molecule has 1 unspecified atom stereocenters. The predicted molar refractivity (Wildman–Crippen MR) is 92.8 cm³/mol. The van der Waals surface area contributed by atoms with Gasteiger partial charge in [-0.1, -0.05) is 30.3 Å². The molecule has 1 atom stereocenters. The van der Waals surface area contributed by atoms with Crippen LogP contribution in [0.5, 0.6) is 0 Å². The standard InChI is InChI=1S/C19H26N2O4/c1-24-14-18(22)20-9-5-8-16(10-20)19(23)21-11-17(12-21)25-13-15-6-3-2-4-7-15/h2-4,6-7,16-17H,5,8-14H2,1H3. The fourth-order valence-corrected chi connectivity index (χ4v) is 3.39.